The number of hydrogen-bond acceptors (Lipinski definition) is 4. The van der Waals surface area contributed by atoms with Crippen molar-refractivity contribution in [3.63, 3.8) is 0 Å². The Kier molecular flexibility index (Phi) is 2.91. The molecule has 1 aliphatic heterocycles. The van der Waals surface area contributed by atoms with Crippen molar-refractivity contribution in [2.75, 3.05) is 12.9 Å². The van der Waals surface area contributed by atoms with Gasteiger partial charge in [0, 0.05) is 0 Å². The third kappa shape index (κ3) is 2.12. The van der Waals surface area contributed by atoms with Crippen molar-refractivity contribution in [1.82, 2.24) is 5.43 Å². The summed E-state index contributed by atoms with van der Waals surface area (Å²) in [5.41, 5.74) is 3.36. The lowest BCUT2D eigenvalue weighted by molar-refractivity contribution is -0.118. The molecule has 0 radical (unpaired) electrons. The molecule has 5 heteroatoms. The largest absolute Gasteiger partial charge is 0.496 e. The van der Waals surface area contributed by atoms with Gasteiger partial charge in [-0.15, -0.1) is 0 Å². The van der Waals surface area contributed by atoms with E-state index < -0.39 is 0 Å². The molecule has 78 valence electrons. The molecule has 0 spiro atoms. The highest BCUT2D eigenvalue weighted by Gasteiger charge is 2.16. The number of rotatable bonds is 2. The van der Waals surface area contributed by atoms with Gasteiger partial charge >= 0.3 is 0 Å². The van der Waals surface area contributed by atoms with Crippen LogP contribution in [0, 0.1) is 0 Å². The SMILES string of the molecule is COc1ccccc1C1=NNC(=O)CS1. The van der Waals surface area contributed by atoms with Crippen LogP contribution in [-0.2, 0) is 4.79 Å². The molecular formula is C10H10N2O2S. The van der Waals surface area contributed by atoms with Crippen molar-refractivity contribution in [2.45, 2.75) is 0 Å². The Morgan fingerprint density at radius 2 is 2.27 bits per heavy atom. The first-order valence-corrected chi connectivity index (χ1v) is 5.42. The molecule has 0 fully saturated rings. The first-order chi connectivity index (χ1) is 7.31. The van der Waals surface area contributed by atoms with Gasteiger partial charge in [0.1, 0.15) is 10.8 Å². The summed E-state index contributed by atoms with van der Waals surface area (Å²) in [5.74, 6) is 1.09. The molecular weight excluding hydrogens is 212 g/mol. The smallest absolute Gasteiger partial charge is 0.250 e. The van der Waals surface area contributed by atoms with E-state index in [4.69, 9.17) is 4.74 Å². The summed E-state index contributed by atoms with van der Waals surface area (Å²) in [6, 6.07) is 7.60. The van der Waals surface area contributed by atoms with Gasteiger partial charge in [-0.3, -0.25) is 4.79 Å². The minimum atomic E-state index is -0.0707. The summed E-state index contributed by atoms with van der Waals surface area (Å²) in [6.45, 7) is 0. The summed E-state index contributed by atoms with van der Waals surface area (Å²) >= 11 is 1.41. The fourth-order valence-electron chi connectivity index (χ4n) is 1.27. The number of carbonyl (C=O) groups excluding carboxylic acids is 1. The molecule has 1 amide bonds. The van der Waals surface area contributed by atoms with Crippen molar-refractivity contribution in [1.29, 1.82) is 0 Å². The lowest BCUT2D eigenvalue weighted by atomic mass is 10.2. The zero-order valence-electron chi connectivity index (χ0n) is 8.19. The van der Waals surface area contributed by atoms with E-state index in [1.54, 1.807) is 7.11 Å². The molecule has 0 saturated heterocycles. The Labute approximate surface area is 91.7 Å². The van der Waals surface area contributed by atoms with Crippen LogP contribution in [0.4, 0.5) is 0 Å². The highest BCUT2D eigenvalue weighted by atomic mass is 32.2. The van der Waals surface area contributed by atoms with Crippen molar-refractivity contribution in [2.24, 2.45) is 5.10 Å². The summed E-state index contributed by atoms with van der Waals surface area (Å²) < 4.78 is 5.22. The second-order valence-electron chi connectivity index (χ2n) is 2.94. The van der Waals surface area contributed by atoms with Gasteiger partial charge in [-0.2, -0.15) is 5.10 Å². The number of hydrazone groups is 1. The first kappa shape index (κ1) is 10.0. The molecule has 0 bridgehead atoms. The molecule has 0 aromatic heterocycles. The molecule has 0 atom stereocenters. The van der Waals surface area contributed by atoms with Crippen molar-refractivity contribution >= 4 is 22.7 Å². The van der Waals surface area contributed by atoms with Gasteiger partial charge in [0.05, 0.1) is 18.4 Å². The normalized spacial score (nSPS) is 15.5. The zero-order chi connectivity index (χ0) is 10.7. The van der Waals surface area contributed by atoms with Crippen LogP contribution in [0.1, 0.15) is 5.56 Å². The summed E-state index contributed by atoms with van der Waals surface area (Å²) in [5, 5.41) is 4.77. The number of methoxy groups -OCH3 is 1. The van der Waals surface area contributed by atoms with Crippen molar-refractivity contribution in [3.05, 3.63) is 29.8 Å². The molecule has 0 unspecified atom stereocenters. The lowest BCUT2D eigenvalue weighted by Gasteiger charge is -2.13. The fraction of sp³-hybridized carbons (Fsp3) is 0.200. The predicted molar refractivity (Wildman–Crippen MR) is 60.1 cm³/mol. The Morgan fingerprint density at radius 3 is 2.93 bits per heavy atom. The zero-order valence-corrected chi connectivity index (χ0v) is 9.00. The number of amides is 1. The van der Waals surface area contributed by atoms with Crippen LogP contribution in [-0.4, -0.2) is 23.8 Å². The number of para-hydroxylation sites is 1. The standard InChI is InChI=1S/C10H10N2O2S/c1-14-8-5-3-2-4-7(8)10-12-11-9(13)6-15-10/h2-5H,6H2,1H3,(H,11,13). The van der Waals surface area contributed by atoms with E-state index in [0.717, 1.165) is 16.4 Å². The quantitative estimate of drug-likeness (QED) is 0.818. The molecule has 1 aromatic rings. The molecule has 2 rings (SSSR count). The third-order valence-corrected chi connectivity index (χ3v) is 2.95. The number of hydrogen-bond donors (Lipinski definition) is 1. The van der Waals surface area contributed by atoms with E-state index in [1.807, 2.05) is 24.3 Å². The van der Waals surface area contributed by atoms with Gasteiger partial charge in [0.25, 0.3) is 5.91 Å². The van der Waals surface area contributed by atoms with Crippen LogP contribution in [0.15, 0.2) is 29.4 Å². The summed E-state index contributed by atoms with van der Waals surface area (Å²) in [7, 11) is 1.62. The number of nitrogens with zero attached hydrogens (tertiary/aromatic N) is 1. The molecule has 1 aliphatic rings. The van der Waals surface area contributed by atoms with Crippen LogP contribution in [0.5, 0.6) is 5.75 Å². The molecule has 1 heterocycles. The van der Waals surface area contributed by atoms with Gasteiger partial charge < -0.3 is 4.74 Å². The molecule has 0 saturated carbocycles. The Balaban J connectivity index is 2.33. The fourth-order valence-corrected chi connectivity index (χ4v) is 2.04. The van der Waals surface area contributed by atoms with Crippen LogP contribution < -0.4 is 10.2 Å². The van der Waals surface area contributed by atoms with E-state index in [2.05, 4.69) is 10.5 Å². The second-order valence-corrected chi connectivity index (χ2v) is 3.90. The molecule has 4 nitrogen and oxygen atoms in total. The first-order valence-electron chi connectivity index (χ1n) is 4.44. The van der Waals surface area contributed by atoms with Gasteiger partial charge in [0.2, 0.25) is 0 Å². The maximum atomic E-state index is 10.9. The van der Waals surface area contributed by atoms with Crippen molar-refractivity contribution in [3.8, 4) is 5.75 Å². The predicted octanol–water partition coefficient (Wildman–Crippen LogP) is 1.22. The second kappa shape index (κ2) is 4.35. The number of benzene rings is 1. The number of ether oxygens (including phenoxy) is 1. The number of nitrogens with one attached hydrogen (secondary N) is 1. The number of carbonyl (C=O) groups is 1. The van der Waals surface area contributed by atoms with Gasteiger partial charge in [-0.05, 0) is 12.1 Å². The average molecular weight is 222 g/mol. The molecule has 15 heavy (non-hydrogen) atoms. The monoisotopic (exact) mass is 222 g/mol. The molecule has 1 aromatic carbocycles. The third-order valence-electron chi connectivity index (χ3n) is 1.96. The van der Waals surface area contributed by atoms with E-state index >= 15 is 0 Å². The van der Waals surface area contributed by atoms with Gasteiger partial charge in [-0.1, -0.05) is 23.9 Å². The maximum Gasteiger partial charge on any atom is 0.250 e. The van der Waals surface area contributed by atoms with Crippen LogP contribution in [0.3, 0.4) is 0 Å². The average Bonchev–Trinajstić information content (AvgIpc) is 2.30. The van der Waals surface area contributed by atoms with Gasteiger partial charge in [0.15, 0.2) is 0 Å². The highest BCUT2D eigenvalue weighted by Crippen LogP contribution is 2.24. The lowest BCUT2D eigenvalue weighted by Crippen LogP contribution is -2.26. The molecule has 1 N–H and O–H groups in total. The van der Waals surface area contributed by atoms with E-state index in [-0.39, 0.29) is 5.91 Å². The van der Waals surface area contributed by atoms with E-state index in [9.17, 15) is 4.79 Å². The van der Waals surface area contributed by atoms with Crippen molar-refractivity contribution < 1.29 is 9.53 Å². The number of thioether (sulfide) groups is 1. The minimum absolute atomic E-state index is 0.0707. The Morgan fingerprint density at radius 1 is 1.47 bits per heavy atom. The topological polar surface area (TPSA) is 50.7 Å². The van der Waals surface area contributed by atoms with Crippen LogP contribution >= 0.6 is 11.8 Å². The van der Waals surface area contributed by atoms with E-state index in [1.165, 1.54) is 11.8 Å². The minimum Gasteiger partial charge on any atom is -0.496 e. The van der Waals surface area contributed by atoms with Crippen LogP contribution in [0.2, 0.25) is 0 Å². The van der Waals surface area contributed by atoms with Crippen LogP contribution in [0.25, 0.3) is 0 Å². The molecule has 0 aliphatic carbocycles. The Bertz CT molecular complexity index is 418. The van der Waals surface area contributed by atoms with E-state index in [0.29, 0.717) is 5.75 Å². The highest BCUT2D eigenvalue weighted by molar-refractivity contribution is 8.15. The van der Waals surface area contributed by atoms with Gasteiger partial charge in [-0.25, -0.2) is 5.43 Å². The summed E-state index contributed by atoms with van der Waals surface area (Å²) in [4.78, 5) is 10.9. The maximum absolute atomic E-state index is 10.9. The Hall–Kier alpha value is -1.49. The summed E-state index contributed by atoms with van der Waals surface area (Å²) in [6.07, 6.45) is 0.